The molecule has 4 heteroatoms. The zero-order valence-electron chi connectivity index (χ0n) is 12.6. The van der Waals surface area contributed by atoms with Gasteiger partial charge in [-0.3, -0.25) is 4.98 Å². The van der Waals surface area contributed by atoms with Gasteiger partial charge >= 0.3 is 0 Å². The van der Waals surface area contributed by atoms with Gasteiger partial charge in [-0.05, 0) is 25.0 Å². The molecular formula is C16H23N3O. The topological polar surface area (TPSA) is 51.8 Å². The van der Waals surface area contributed by atoms with Crippen LogP contribution in [0.3, 0.4) is 0 Å². The molecule has 4 nitrogen and oxygen atoms in total. The molecule has 0 N–H and O–H groups in total. The zero-order chi connectivity index (χ0) is 14.4. The SMILES string of the molecule is CCCCCC(C)(CC)c1nnc(-c2ccccn2)o1. The van der Waals surface area contributed by atoms with Crippen molar-refractivity contribution in [2.45, 2.75) is 58.3 Å². The maximum absolute atomic E-state index is 5.87. The van der Waals surface area contributed by atoms with Gasteiger partial charge in [0.05, 0.1) is 0 Å². The summed E-state index contributed by atoms with van der Waals surface area (Å²) >= 11 is 0. The van der Waals surface area contributed by atoms with Crippen LogP contribution in [-0.4, -0.2) is 15.2 Å². The minimum Gasteiger partial charge on any atom is -0.419 e. The van der Waals surface area contributed by atoms with E-state index >= 15 is 0 Å². The van der Waals surface area contributed by atoms with Gasteiger partial charge in [-0.1, -0.05) is 46.1 Å². The van der Waals surface area contributed by atoms with Crippen LogP contribution in [-0.2, 0) is 5.41 Å². The van der Waals surface area contributed by atoms with Gasteiger partial charge in [-0.25, -0.2) is 0 Å². The second-order valence-electron chi connectivity index (χ2n) is 5.50. The van der Waals surface area contributed by atoms with Crippen molar-refractivity contribution in [3.63, 3.8) is 0 Å². The first-order valence-electron chi connectivity index (χ1n) is 7.45. The third-order valence-electron chi connectivity index (χ3n) is 3.94. The molecule has 0 aromatic carbocycles. The van der Waals surface area contributed by atoms with Crippen molar-refractivity contribution in [1.29, 1.82) is 0 Å². The Labute approximate surface area is 120 Å². The van der Waals surface area contributed by atoms with E-state index in [0.717, 1.165) is 24.4 Å². The van der Waals surface area contributed by atoms with Gasteiger partial charge in [0.15, 0.2) is 0 Å². The number of hydrogen-bond donors (Lipinski definition) is 0. The molecule has 2 heterocycles. The zero-order valence-corrected chi connectivity index (χ0v) is 12.6. The van der Waals surface area contributed by atoms with Crippen LogP contribution in [0.2, 0.25) is 0 Å². The van der Waals surface area contributed by atoms with Crippen molar-refractivity contribution in [1.82, 2.24) is 15.2 Å². The second kappa shape index (κ2) is 6.64. The van der Waals surface area contributed by atoms with E-state index in [1.54, 1.807) is 6.20 Å². The molecule has 1 atom stereocenters. The number of rotatable bonds is 7. The fraction of sp³-hybridized carbons (Fsp3) is 0.562. The molecule has 0 aliphatic carbocycles. The van der Waals surface area contributed by atoms with Crippen LogP contribution in [0.4, 0.5) is 0 Å². The summed E-state index contributed by atoms with van der Waals surface area (Å²) in [5, 5.41) is 8.41. The Morgan fingerprint density at radius 1 is 1.15 bits per heavy atom. The predicted octanol–water partition coefficient (Wildman–Crippen LogP) is 4.38. The van der Waals surface area contributed by atoms with E-state index in [2.05, 4.69) is 36.0 Å². The summed E-state index contributed by atoms with van der Waals surface area (Å²) in [7, 11) is 0. The quantitative estimate of drug-likeness (QED) is 0.702. The molecule has 0 radical (unpaired) electrons. The van der Waals surface area contributed by atoms with Crippen molar-refractivity contribution in [2.24, 2.45) is 0 Å². The standard InChI is InChI=1S/C16H23N3O/c1-4-6-8-11-16(3,5-2)15-19-18-14(20-15)13-10-7-9-12-17-13/h7,9-10,12H,4-6,8,11H2,1-3H3. The highest BCUT2D eigenvalue weighted by Gasteiger charge is 2.30. The van der Waals surface area contributed by atoms with Crippen LogP contribution >= 0.6 is 0 Å². The van der Waals surface area contributed by atoms with Crippen LogP contribution in [0.15, 0.2) is 28.8 Å². The molecule has 0 saturated carbocycles. The number of unbranched alkanes of at least 4 members (excludes halogenated alkanes) is 2. The van der Waals surface area contributed by atoms with Crippen molar-refractivity contribution in [3.8, 4) is 11.6 Å². The third kappa shape index (κ3) is 3.24. The van der Waals surface area contributed by atoms with Crippen LogP contribution in [0.25, 0.3) is 11.6 Å². The van der Waals surface area contributed by atoms with Crippen molar-refractivity contribution >= 4 is 0 Å². The molecule has 0 amide bonds. The minimum atomic E-state index is -0.0325. The Kier molecular flexibility index (Phi) is 4.88. The molecule has 0 fully saturated rings. The average molecular weight is 273 g/mol. The fourth-order valence-corrected chi connectivity index (χ4v) is 2.26. The third-order valence-corrected chi connectivity index (χ3v) is 3.94. The molecule has 2 aromatic heterocycles. The maximum Gasteiger partial charge on any atom is 0.266 e. The predicted molar refractivity (Wildman–Crippen MR) is 79.3 cm³/mol. The summed E-state index contributed by atoms with van der Waals surface area (Å²) in [5.41, 5.74) is 0.702. The summed E-state index contributed by atoms with van der Waals surface area (Å²) in [6.45, 7) is 6.60. The van der Waals surface area contributed by atoms with E-state index in [1.807, 2.05) is 18.2 Å². The molecule has 1 unspecified atom stereocenters. The summed E-state index contributed by atoms with van der Waals surface area (Å²) in [4.78, 5) is 4.25. The first-order chi connectivity index (χ1) is 9.69. The van der Waals surface area contributed by atoms with Crippen LogP contribution in [0.5, 0.6) is 0 Å². The normalized spacial score (nSPS) is 14.2. The van der Waals surface area contributed by atoms with E-state index in [1.165, 1.54) is 19.3 Å². The molecule has 0 aliphatic rings. The summed E-state index contributed by atoms with van der Waals surface area (Å²) in [6.07, 6.45) is 7.49. The molecule has 0 aliphatic heterocycles. The van der Waals surface area contributed by atoms with Gasteiger partial charge in [0.2, 0.25) is 5.89 Å². The summed E-state index contributed by atoms with van der Waals surface area (Å²) in [5.74, 6) is 1.24. The first-order valence-corrected chi connectivity index (χ1v) is 7.45. The molecule has 2 aromatic rings. The van der Waals surface area contributed by atoms with E-state index in [4.69, 9.17) is 4.42 Å². The van der Waals surface area contributed by atoms with E-state index in [0.29, 0.717) is 5.89 Å². The Balaban J connectivity index is 2.17. The fourth-order valence-electron chi connectivity index (χ4n) is 2.26. The molecule has 0 bridgehead atoms. The maximum atomic E-state index is 5.87. The Hall–Kier alpha value is -1.71. The highest BCUT2D eigenvalue weighted by atomic mass is 16.4. The van der Waals surface area contributed by atoms with Gasteiger partial charge in [0.1, 0.15) is 5.69 Å². The number of hydrogen-bond acceptors (Lipinski definition) is 4. The Morgan fingerprint density at radius 2 is 2.00 bits per heavy atom. The highest BCUT2D eigenvalue weighted by Crippen LogP contribution is 2.33. The Bertz CT molecular complexity index is 524. The van der Waals surface area contributed by atoms with E-state index in [-0.39, 0.29) is 5.41 Å². The highest BCUT2D eigenvalue weighted by molar-refractivity contribution is 5.45. The first kappa shape index (κ1) is 14.7. The van der Waals surface area contributed by atoms with Crippen molar-refractivity contribution < 1.29 is 4.42 Å². The van der Waals surface area contributed by atoms with E-state index < -0.39 is 0 Å². The van der Waals surface area contributed by atoms with Crippen LogP contribution in [0.1, 0.15) is 58.8 Å². The lowest BCUT2D eigenvalue weighted by molar-refractivity contribution is 0.309. The van der Waals surface area contributed by atoms with E-state index in [9.17, 15) is 0 Å². The Morgan fingerprint density at radius 3 is 2.65 bits per heavy atom. The second-order valence-corrected chi connectivity index (χ2v) is 5.50. The largest absolute Gasteiger partial charge is 0.419 e. The lowest BCUT2D eigenvalue weighted by atomic mass is 9.82. The van der Waals surface area contributed by atoms with Gasteiger partial charge in [-0.15, -0.1) is 10.2 Å². The monoisotopic (exact) mass is 273 g/mol. The lowest BCUT2D eigenvalue weighted by Crippen LogP contribution is -2.21. The van der Waals surface area contributed by atoms with Crippen molar-refractivity contribution in [2.75, 3.05) is 0 Å². The molecule has 0 saturated heterocycles. The smallest absolute Gasteiger partial charge is 0.266 e. The minimum absolute atomic E-state index is 0.0325. The molecule has 20 heavy (non-hydrogen) atoms. The van der Waals surface area contributed by atoms with Gasteiger partial charge in [0, 0.05) is 11.6 Å². The molecule has 108 valence electrons. The van der Waals surface area contributed by atoms with Crippen LogP contribution in [0, 0.1) is 0 Å². The number of pyridine rings is 1. The van der Waals surface area contributed by atoms with Crippen molar-refractivity contribution in [3.05, 3.63) is 30.3 Å². The summed E-state index contributed by atoms with van der Waals surface area (Å²) < 4.78 is 5.87. The lowest BCUT2D eigenvalue weighted by Gasteiger charge is -2.23. The molecule has 2 rings (SSSR count). The summed E-state index contributed by atoms with van der Waals surface area (Å²) in [6, 6.07) is 5.69. The van der Waals surface area contributed by atoms with Gasteiger partial charge in [0.25, 0.3) is 5.89 Å². The van der Waals surface area contributed by atoms with Gasteiger partial charge in [-0.2, -0.15) is 0 Å². The van der Waals surface area contributed by atoms with Gasteiger partial charge < -0.3 is 4.42 Å². The number of aromatic nitrogens is 3. The van der Waals surface area contributed by atoms with Crippen LogP contribution < -0.4 is 0 Å². The average Bonchev–Trinajstić information content (AvgIpc) is 2.99. The molecule has 0 spiro atoms. The number of nitrogens with zero attached hydrogens (tertiary/aromatic N) is 3. The molecular weight excluding hydrogens is 250 g/mol.